The Morgan fingerprint density at radius 3 is 3.07 bits per heavy atom. The van der Waals surface area contributed by atoms with Crippen LogP contribution in [0.4, 0.5) is 0 Å². The minimum Gasteiger partial charge on any atom is -0.225 e. The molecule has 0 aliphatic rings. The van der Waals surface area contributed by atoms with Gasteiger partial charge in [0.2, 0.25) is 0 Å². The number of nitrogens with zero attached hydrogens (tertiary/aromatic N) is 1. The van der Waals surface area contributed by atoms with E-state index in [1.807, 2.05) is 12.1 Å². The molecule has 0 amide bonds. The molecule has 1 aromatic heterocycles. The van der Waals surface area contributed by atoms with Crippen LogP contribution >= 0.6 is 34.5 Å². The quantitative estimate of drug-likeness (QED) is 0.733. The Hall–Kier alpha value is -0.570. The van der Waals surface area contributed by atoms with E-state index < -0.39 is 0 Å². The van der Waals surface area contributed by atoms with E-state index in [0.717, 1.165) is 22.2 Å². The molecular weight excluding hydrogens is 249 g/mol. The first-order chi connectivity index (χ1) is 7.29. The van der Waals surface area contributed by atoms with Crippen molar-refractivity contribution in [1.82, 2.24) is 4.98 Å². The maximum atomic E-state index is 5.83. The monoisotopic (exact) mass is 257 g/mol. The van der Waals surface area contributed by atoms with Crippen LogP contribution in [0, 0.1) is 0 Å². The number of hydrogen-bond donors (Lipinski definition) is 0. The molecule has 78 valence electrons. The first kappa shape index (κ1) is 10.9. The molecule has 4 heteroatoms. The van der Waals surface area contributed by atoms with Crippen molar-refractivity contribution < 1.29 is 0 Å². The molecule has 0 radical (unpaired) electrons. The summed E-state index contributed by atoms with van der Waals surface area (Å²) in [7, 11) is 0. The minimum atomic E-state index is 0.590. The fourth-order valence-corrected chi connectivity index (χ4v) is 2.50. The molecule has 0 bridgehead atoms. The van der Waals surface area contributed by atoms with Crippen LogP contribution < -0.4 is 0 Å². The summed E-state index contributed by atoms with van der Waals surface area (Å²) in [5.74, 6) is 0.658. The van der Waals surface area contributed by atoms with E-state index in [-0.39, 0.29) is 0 Å². The van der Waals surface area contributed by atoms with Gasteiger partial charge in [0.25, 0.3) is 0 Å². The van der Waals surface area contributed by atoms with Crippen molar-refractivity contribution in [3.8, 4) is 0 Å². The molecule has 0 spiro atoms. The average Bonchev–Trinajstić information content (AvgIpc) is 2.57. The zero-order chi connectivity index (χ0) is 10.7. The number of fused-ring (bicyclic) bond motifs is 1. The number of alkyl halides is 1. The highest BCUT2D eigenvalue weighted by Gasteiger charge is 2.00. The maximum absolute atomic E-state index is 5.83. The van der Waals surface area contributed by atoms with Crippen molar-refractivity contribution >= 4 is 50.8 Å². The number of hydrogen-bond acceptors (Lipinski definition) is 2. The molecule has 0 fully saturated rings. The number of aromatic nitrogens is 1. The highest BCUT2D eigenvalue weighted by Crippen LogP contribution is 2.26. The Balaban J connectivity index is 2.30. The molecule has 1 nitrogen and oxygen atoms in total. The molecule has 0 N–H and O–H groups in total. The minimum absolute atomic E-state index is 0.590. The fraction of sp³-hybridized carbons (Fsp3) is 0.182. The highest BCUT2D eigenvalue weighted by atomic mass is 35.5. The molecule has 15 heavy (non-hydrogen) atoms. The van der Waals surface area contributed by atoms with E-state index in [9.17, 15) is 0 Å². The lowest BCUT2D eigenvalue weighted by Gasteiger charge is -1.92. The van der Waals surface area contributed by atoms with Gasteiger partial charge in [0, 0.05) is 5.88 Å². The molecule has 1 heterocycles. The van der Waals surface area contributed by atoms with Crippen molar-refractivity contribution in [2.24, 2.45) is 0 Å². The standard InChI is InChI=1S/C11H9Cl2NS/c12-6-2-1-3-8-4-5-9-10(7-8)15-11(13)14-9/h1,3-5,7H,2,6H2. The highest BCUT2D eigenvalue weighted by molar-refractivity contribution is 7.22. The lowest BCUT2D eigenvalue weighted by atomic mass is 10.2. The first-order valence-corrected chi connectivity index (χ1v) is 6.31. The second kappa shape index (κ2) is 4.97. The van der Waals surface area contributed by atoms with E-state index in [1.54, 1.807) is 0 Å². The summed E-state index contributed by atoms with van der Waals surface area (Å²) in [6.45, 7) is 0. The zero-order valence-corrected chi connectivity index (χ0v) is 10.2. The van der Waals surface area contributed by atoms with Crippen molar-refractivity contribution in [2.45, 2.75) is 6.42 Å². The van der Waals surface area contributed by atoms with Gasteiger partial charge >= 0.3 is 0 Å². The Morgan fingerprint density at radius 1 is 1.40 bits per heavy atom. The molecule has 0 aliphatic heterocycles. The van der Waals surface area contributed by atoms with Crippen LogP contribution in [0.5, 0.6) is 0 Å². The molecule has 2 aromatic rings. The average molecular weight is 258 g/mol. The molecule has 1 aromatic carbocycles. The number of thiazole rings is 1. The third-order valence-electron chi connectivity index (χ3n) is 1.97. The smallest absolute Gasteiger partial charge is 0.184 e. The first-order valence-electron chi connectivity index (χ1n) is 4.58. The van der Waals surface area contributed by atoms with Gasteiger partial charge in [-0.2, -0.15) is 0 Å². The van der Waals surface area contributed by atoms with E-state index in [2.05, 4.69) is 23.2 Å². The van der Waals surface area contributed by atoms with Gasteiger partial charge in [0.15, 0.2) is 4.47 Å². The molecule has 0 atom stereocenters. The van der Waals surface area contributed by atoms with Crippen LogP contribution in [-0.4, -0.2) is 10.9 Å². The number of benzene rings is 1. The van der Waals surface area contributed by atoms with Gasteiger partial charge in [-0.15, -0.1) is 22.9 Å². The van der Waals surface area contributed by atoms with Gasteiger partial charge in [-0.3, -0.25) is 0 Å². The van der Waals surface area contributed by atoms with E-state index in [1.165, 1.54) is 11.3 Å². The summed E-state index contributed by atoms with van der Waals surface area (Å²) in [5, 5.41) is 0. The molecule has 0 unspecified atom stereocenters. The van der Waals surface area contributed by atoms with Crippen molar-refractivity contribution in [1.29, 1.82) is 0 Å². The summed E-state index contributed by atoms with van der Waals surface area (Å²) in [6, 6.07) is 6.10. The Kier molecular flexibility index (Phi) is 3.62. The third kappa shape index (κ3) is 2.71. The van der Waals surface area contributed by atoms with Crippen molar-refractivity contribution in [3.05, 3.63) is 34.3 Å². The van der Waals surface area contributed by atoms with Crippen LogP contribution in [0.2, 0.25) is 4.47 Å². The Labute approximate surface area is 102 Å². The lowest BCUT2D eigenvalue weighted by molar-refractivity contribution is 1.24. The van der Waals surface area contributed by atoms with Crippen LogP contribution in [0.1, 0.15) is 12.0 Å². The largest absolute Gasteiger partial charge is 0.225 e. The van der Waals surface area contributed by atoms with Crippen molar-refractivity contribution in [2.75, 3.05) is 5.88 Å². The normalized spacial score (nSPS) is 11.6. The topological polar surface area (TPSA) is 12.9 Å². The predicted molar refractivity (Wildman–Crippen MR) is 69.0 cm³/mol. The van der Waals surface area contributed by atoms with Crippen molar-refractivity contribution in [3.63, 3.8) is 0 Å². The summed E-state index contributed by atoms with van der Waals surface area (Å²) in [4.78, 5) is 4.19. The third-order valence-corrected chi connectivity index (χ3v) is 3.31. The van der Waals surface area contributed by atoms with Crippen LogP contribution in [0.3, 0.4) is 0 Å². The van der Waals surface area contributed by atoms with Gasteiger partial charge in [0.05, 0.1) is 10.2 Å². The molecular formula is C11H9Cl2NS. The van der Waals surface area contributed by atoms with E-state index >= 15 is 0 Å². The SMILES string of the molecule is ClCCC=Cc1ccc2nc(Cl)sc2c1. The second-order valence-corrected chi connectivity index (χ2v) is 5.06. The van der Waals surface area contributed by atoms with Gasteiger partial charge in [-0.1, -0.05) is 29.8 Å². The molecule has 0 saturated carbocycles. The summed E-state index contributed by atoms with van der Waals surface area (Å²) in [6.07, 6.45) is 5.02. The van der Waals surface area contributed by atoms with Gasteiger partial charge in [0.1, 0.15) is 0 Å². The van der Waals surface area contributed by atoms with Crippen LogP contribution in [0.25, 0.3) is 16.3 Å². The second-order valence-electron chi connectivity index (χ2n) is 3.07. The zero-order valence-electron chi connectivity index (χ0n) is 7.91. The van der Waals surface area contributed by atoms with Gasteiger partial charge in [-0.05, 0) is 24.1 Å². The maximum Gasteiger partial charge on any atom is 0.184 e. The predicted octanol–water partition coefficient (Wildman–Crippen LogP) is 4.59. The molecule has 0 aliphatic carbocycles. The van der Waals surface area contributed by atoms with E-state index in [0.29, 0.717) is 10.3 Å². The van der Waals surface area contributed by atoms with Gasteiger partial charge < -0.3 is 0 Å². The number of allylic oxidation sites excluding steroid dienone is 1. The molecule has 2 rings (SSSR count). The van der Waals surface area contributed by atoms with Gasteiger partial charge in [-0.25, -0.2) is 4.98 Å². The number of rotatable bonds is 3. The number of halogens is 2. The summed E-state index contributed by atoms with van der Waals surface area (Å²) >= 11 is 12.9. The lowest BCUT2D eigenvalue weighted by Crippen LogP contribution is -1.73. The Bertz CT molecular complexity index is 490. The molecule has 0 saturated heterocycles. The summed E-state index contributed by atoms with van der Waals surface area (Å²) < 4.78 is 1.71. The Morgan fingerprint density at radius 2 is 2.27 bits per heavy atom. The van der Waals surface area contributed by atoms with Crippen LogP contribution in [-0.2, 0) is 0 Å². The summed E-state index contributed by atoms with van der Waals surface area (Å²) in [5.41, 5.74) is 2.12. The van der Waals surface area contributed by atoms with E-state index in [4.69, 9.17) is 23.2 Å². The fourth-order valence-electron chi connectivity index (χ4n) is 1.30. The van der Waals surface area contributed by atoms with Crippen LogP contribution in [0.15, 0.2) is 24.3 Å².